The van der Waals surface area contributed by atoms with E-state index >= 15 is 0 Å². The number of aliphatic carboxylic acids is 1. The van der Waals surface area contributed by atoms with Crippen molar-refractivity contribution in [1.29, 1.82) is 0 Å². The van der Waals surface area contributed by atoms with E-state index in [1.165, 1.54) is 6.42 Å². The number of nitrogens with zero attached hydrogens (tertiary/aromatic N) is 1. The van der Waals surface area contributed by atoms with E-state index in [4.69, 9.17) is 0 Å². The maximum absolute atomic E-state index is 11.4. The SMILES string of the molecule is CCC1CCC(C(=O)O)C(N(C)CCC(C)C)C1. The molecule has 0 heterocycles. The highest BCUT2D eigenvalue weighted by Crippen LogP contribution is 2.34. The Balaban J connectivity index is 2.62. The molecule has 0 aliphatic heterocycles. The fourth-order valence-electron chi connectivity index (χ4n) is 3.00. The molecule has 0 bridgehead atoms. The molecule has 3 heteroatoms. The van der Waals surface area contributed by atoms with Crippen molar-refractivity contribution in [2.75, 3.05) is 13.6 Å². The van der Waals surface area contributed by atoms with E-state index in [1.54, 1.807) is 0 Å². The van der Waals surface area contributed by atoms with Crippen LogP contribution in [0.2, 0.25) is 0 Å². The molecule has 1 rings (SSSR count). The van der Waals surface area contributed by atoms with Crippen LogP contribution in [-0.2, 0) is 4.79 Å². The third-order valence-corrected chi connectivity index (χ3v) is 4.45. The van der Waals surface area contributed by atoms with Gasteiger partial charge in [0, 0.05) is 6.04 Å². The van der Waals surface area contributed by atoms with Crippen molar-refractivity contribution in [1.82, 2.24) is 4.90 Å². The lowest BCUT2D eigenvalue weighted by molar-refractivity contribution is -0.146. The molecule has 18 heavy (non-hydrogen) atoms. The second-order valence-electron chi connectivity index (χ2n) is 6.26. The van der Waals surface area contributed by atoms with Gasteiger partial charge in [-0.15, -0.1) is 0 Å². The standard InChI is InChI=1S/C15H29NO2/c1-5-12-6-7-13(15(17)18)14(10-12)16(4)9-8-11(2)3/h11-14H,5-10H2,1-4H3,(H,17,18). The first-order chi connectivity index (χ1) is 8.45. The number of hydrogen-bond acceptors (Lipinski definition) is 2. The smallest absolute Gasteiger partial charge is 0.308 e. The second kappa shape index (κ2) is 7.13. The molecule has 1 N–H and O–H groups in total. The van der Waals surface area contributed by atoms with Crippen LogP contribution in [0.1, 0.15) is 52.9 Å². The predicted octanol–water partition coefficient (Wildman–Crippen LogP) is 3.24. The summed E-state index contributed by atoms with van der Waals surface area (Å²) >= 11 is 0. The zero-order chi connectivity index (χ0) is 13.7. The molecule has 1 saturated carbocycles. The molecular formula is C15H29NO2. The van der Waals surface area contributed by atoms with E-state index in [-0.39, 0.29) is 12.0 Å². The Morgan fingerprint density at radius 3 is 2.56 bits per heavy atom. The van der Waals surface area contributed by atoms with E-state index in [0.717, 1.165) is 32.2 Å². The molecule has 0 aromatic carbocycles. The Hall–Kier alpha value is -0.570. The molecule has 0 spiro atoms. The van der Waals surface area contributed by atoms with Crippen molar-refractivity contribution in [2.45, 2.75) is 58.9 Å². The van der Waals surface area contributed by atoms with Gasteiger partial charge in [0.05, 0.1) is 5.92 Å². The monoisotopic (exact) mass is 255 g/mol. The van der Waals surface area contributed by atoms with Crippen LogP contribution in [0, 0.1) is 17.8 Å². The molecule has 0 aromatic rings. The third kappa shape index (κ3) is 4.27. The lowest BCUT2D eigenvalue weighted by Gasteiger charge is -2.39. The van der Waals surface area contributed by atoms with Gasteiger partial charge in [-0.1, -0.05) is 27.2 Å². The van der Waals surface area contributed by atoms with Crippen LogP contribution < -0.4 is 0 Å². The summed E-state index contributed by atoms with van der Waals surface area (Å²) in [4.78, 5) is 13.7. The predicted molar refractivity (Wildman–Crippen MR) is 74.6 cm³/mol. The van der Waals surface area contributed by atoms with E-state index in [9.17, 15) is 9.90 Å². The number of hydrogen-bond donors (Lipinski definition) is 1. The number of rotatable bonds is 6. The molecular weight excluding hydrogens is 226 g/mol. The van der Waals surface area contributed by atoms with Gasteiger partial charge in [-0.05, 0) is 51.1 Å². The van der Waals surface area contributed by atoms with Crippen LogP contribution in [0.25, 0.3) is 0 Å². The maximum Gasteiger partial charge on any atom is 0.308 e. The van der Waals surface area contributed by atoms with E-state index in [2.05, 4.69) is 32.7 Å². The summed E-state index contributed by atoms with van der Waals surface area (Å²) in [6, 6.07) is 0.236. The Morgan fingerprint density at radius 1 is 1.39 bits per heavy atom. The van der Waals surface area contributed by atoms with E-state index < -0.39 is 5.97 Å². The highest BCUT2D eigenvalue weighted by atomic mass is 16.4. The molecule has 0 aromatic heterocycles. The summed E-state index contributed by atoms with van der Waals surface area (Å²) in [5.41, 5.74) is 0. The zero-order valence-electron chi connectivity index (χ0n) is 12.4. The van der Waals surface area contributed by atoms with Gasteiger partial charge in [0.25, 0.3) is 0 Å². The number of carboxylic acids is 1. The largest absolute Gasteiger partial charge is 0.481 e. The summed E-state index contributed by atoms with van der Waals surface area (Å²) in [6.45, 7) is 7.68. The summed E-state index contributed by atoms with van der Waals surface area (Å²) in [7, 11) is 2.10. The van der Waals surface area contributed by atoms with Gasteiger partial charge in [-0.2, -0.15) is 0 Å². The minimum Gasteiger partial charge on any atom is -0.481 e. The van der Waals surface area contributed by atoms with Gasteiger partial charge in [-0.3, -0.25) is 4.79 Å². The van der Waals surface area contributed by atoms with Gasteiger partial charge >= 0.3 is 5.97 Å². The highest BCUT2D eigenvalue weighted by Gasteiger charge is 2.36. The summed E-state index contributed by atoms with van der Waals surface area (Å²) < 4.78 is 0. The first-order valence-electron chi connectivity index (χ1n) is 7.38. The number of carboxylic acid groups (broad SMARTS) is 1. The second-order valence-corrected chi connectivity index (χ2v) is 6.26. The molecule has 3 nitrogen and oxygen atoms in total. The van der Waals surface area contributed by atoms with Gasteiger partial charge < -0.3 is 10.0 Å². The Kier molecular flexibility index (Phi) is 6.13. The first-order valence-corrected chi connectivity index (χ1v) is 7.38. The van der Waals surface area contributed by atoms with Crippen LogP contribution in [0.15, 0.2) is 0 Å². The van der Waals surface area contributed by atoms with Gasteiger partial charge in [0.2, 0.25) is 0 Å². The molecule has 1 aliphatic carbocycles. The fraction of sp³-hybridized carbons (Fsp3) is 0.933. The lowest BCUT2D eigenvalue weighted by Crippen LogP contribution is -2.46. The summed E-state index contributed by atoms with van der Waals surface area (Å²) in [6.07, 6.45) is 5.32. The van der Waals surface area contributed by atoms with E-state index in [0.29, 0.717) is 11.8 Å². The fourth-order valence-corrected chi connectivity index (χ4v) is 3.00. The van der Waals surface area contributed by atoms with Gasteiger partial charge in [0.15, 0.2) is 0 Å². The molecule has 3 unspecified atom stereocenters. The third-order valence-electron chi connectivity index (χ3n) is 4.45. The number of carbonyl (C=O) groups is 1. The normalized spacial score (nSPS) is 28.9. The van der Waals surface area contributed by atoms with Crippen molar-refractivity contribution >= 4 is 5.97 Å². The molecule has 3 atom stereocenters. The molecule has 0 saturated heterocycles. The minimum absolute atomic E-state index is 0.162. The highest BCUT2D eigenvalue weighted by molar-refractivity contribution is 5.71. The van der Waals surface area contributed by atoms with Crippen molar-refractivity contribution in [2.24, 2.45) is 17.8 Å². The average Bonchev–Trinajstić information content (AvgIpc) is 2.34. The molecule has 0 radical (unpaired) electrons. The van der Waals surface area contributed by atoms with Crippen molar-refractivity contribution in [3.63, 3.8) is 0 Å². The first kappa shape index (κ1) is 15.5. The van der Waals surface area contributed by atoms with Crippen molar-refractivity contribution in [3.8, 4) is 0 Å². The minimum atomic E-state index is -0.606. The lowest BCUT2D eigenvalue weighted by atomic mass is 9.76. The average molecular weight is 255 g/mol. The van der Waals surface area contributed by atoms with Crippen LogP contribution in [-0.4, -0.2) is 35.6 Å². The van der Waals surface area contributed by atoms with Crippen LogP contribution >= 0.6 is 0 Å². The summed E-state index contributed by atoms with van der Waals surface area (Å²) in [5.74, 6) is 0.629. The Labute approximate surface area is 112 Å². The van der Waals surface area contributed by atoms with Crippen LogP contribution in [0.4, 0.5) is 0 Å². The van der Waals surface area contributed by atoms with Crippen LogP contribution in [0.3, 0.4) is 0 Å². The summed E-state index contributed by atoms with van der Waals surface area (Å²) in [5, 5.41) is 9.37. The molecule has 1 aliphatic rings. The molecule has 0 amide bonds. The quantitative estimate of drug-likeness (QED) is 0.792. The zero-order valence-corrected chi connectivity index (χ0v) is 12.4. The Bertz CT molecular complexity index is 265. The van der Waals surface area contributed by atoms with E-state index in [1.807, 2.05) is 0 Å². The van der Waals surface area contributed by atoms with Gasteiger partial charge in [0.1, 0.15) is 0 Å². The molecule has 106 valence electrons. The molecule has 1 fully saturated rings. The Morgan fingerprint density at radius 2 is 2.06 bits per heavy atom. The van der Waals surface area contributed by atoms with Gasteiger partial charge in [-0.25, -0.2) is 0 Å². The maximum atomic E-state index is 11.4. The van der Waals surface area contributed by atoms with Crippen molar-refractivity contribution in [3.05, 3.63) is 0 Å². The van der Waals surface area contributed by atoms with Crippen molar-refractivity contribution < 1.29 is 9.90 Å². The van der Waals surface area contributed by atoms with Crippen LogP contribution in [0.5, 0.6) is 0 Å². The topological polar surface area (TPSA) is 40.5 Å².